The summed E-state index contributed by atoms with van der Waals surface area (Å²) in [6.07, 6.45) is 5.52. The summed E-state index contributed by atoms with van der Waals surface area (Å²) in [6.45, 7) is 8.73. The molecule has 1 saturated heterocycles. The largest absolute Gasteiger partial charge is 0.387 e. The second-order valence-electron chi connectivity index (χ2n) is 8.15. The van der Waals surface area contributed by atoms with E-state index < -0.39 is 6.10 Å². The number of carbonyl (C=O) groups excluding carboxylic acids is 1. The van der Waals surface area contributed by atoms with Crippen LogP contribution in [-0.4, -0.2) is 65.2 Å². The highest BCUT2D eigenvalue weighted by Gasteiger charge is 2.27. The lowest BCUT2D eigenvalue weighted by atomic mass is 10.0. The van der Waals surface area contributed by atoms with Crippen molar-refractivity contribution in [2.75, 3.05) is 49.1 Å². The van der Waals surface area contributed by atoms with E-state index in [1.165, 1.54) is 0 Å². The molecule has 154 valence electrons. The van der Waals surface area contributed by atoms with Crippen molar-refractivity contribution >= 4 is 17.4 Å². The molecule has 7 heteroatoms. The number of aromatic nitrogens is 2. The predicted octanol–water partition coefficient (Wildman–Crippen LogP) is 1.88. The zero-order chi connectivity index (χ0) is 20.4. The highest BCUT2D eigenvalue weighted by Crippen LogP contribution is 2.32. The van der Waals surface area contributed by atoms with Crippen molar-refractivity contribution in [2.24, 2.45) is 5.92 Å². The van der Waals surface area contributed by atoms with Crippen molar-refractivity contribution < 1.29 is 9.90 Å². The number of amides is 1. The number of fused-ring (bicyclic) bond motifs is 1. The summed E-state index contributed by atoms with van der Waals surface area (Å²) < 4.78 is 0. The van der Waals surface area contributed by atoms with Gasteiger partial charge < -0.3 is 14.9 Å². The maximum atomic E-state index is 12.4. The topological polar surface area (TPSA) is 72.8 Å². The first-order valence-electron chi connectivity index (χ1n) is 10.4. The Kier molecular flexibility index (Phi) is 5.78. The van der Waals surface area contributed by atoms with Crippen molar-refractivity contribution in [1.29, 1.82) is 0 Å². The van der Waals surface area contributed by atoms with Gasteiger partial charge in [-0.2, -0.15) is 0 Å². The number of benzene rings is 1. The number of nitrogens with zero attached hydrogens (tertiary/aromatic N) is 5. The van der Waals surface area contributed by atoms with Gasteiger partial charge >= 0.3 is 0 Å². The van der Waals surface area contributed by atoms with Crippen molar-refractivity contribution in [1.82, 2.24) is 14.9 Å². The first-order valence-corrected chi connectivity index (χ1v) is 10.4. The molecule has 1 fully saturated rings. The highest BCUT2D eigenvalue weighted by atomic mass is 16.3. The van der Waals surface area contributed by atoms with Crippen LogP contribution in [-0.2, 0) is 11.2 Å². The number of hydrogen-bond donors (Lipinski definition) is 1. The van der Waals surface area contributed by atoms with Gasteiger partial charge in [0, 0.05) is 63.3 Å². The van der Waals surface area contributed by atoms with Crippen LogP contribution >= 0.6 is 0 Å². The molecule has 2 aromatic rings. The molecule has 7 nitrogen and oxygen atoms in total. The van der Waals surface area contributed by atoms with Crippen molar-refractivity contribution in [3.63, 3.8) is 0 Å². The average Bonchev–Trinajstić information content (AvgIpc) is 3.17. The van der Waals surface area contributed by atoms with Crippen LogP contribution in [0.2, 0.25) is 0 Å². The van der Waals surface area contributed by atoms with Gasteiger partial charge in [0.15, 0.2) is 0 Å². The monoisotopic (exact) mass is 395 g/mol. The molecule has 1 aromatic carbocycles. The summed E-state index contributed by atoms with van der Waals surface area (Å²) in [6, 6.07) is 6.03. The van der Waals surface area contributed by atoms with Crippen LogP contribution in [0, 0.1) is 5.92 Å². The van der Waals surface area contributed by atoms with E-state index in [-0.39, 0.29) is 11.8 Å². The van der Waals surface area contributed by atoms with Gasteiger partial charge in [-0.15, -0.1) is 0 Å². The zero-order valence-electron chi connectivity index (χ0n) is 17.2. The Morgan fingerprint density at radius 1 is 1.14 bits per heavy atom. The zero-order valence-corrected chi connectivity index (χ0v) is 17.2. The van der Waals surface area contributed by atoms with E-state index in [1.807, 2.05) is 30.9 Å². The number of hydrogen-bond acceptors (Lipinski definition) is 6. The van der Waals surface area contributed by atoms with Crippen molar-refractivity contribution in [3.05, 3.63) is 47.9 Å². The molecule has 0 bridgehead atoms. The Bertz CT molecular complexity index is 850. The summed E-state index contributed by atoms with van der Waals surface area (Å²) >= 11 is 0. The first-order chi connectivity index (χ1) is 14.0. The smallest absolute Gasteiger partial charge is 0.229 e. The van der Waals surface area contributed by atoms with Gasteiger partial charge in [-0.3, -0.25) is 14.7 Å². The highest BCUT2D eigenvalue weighted by molar-refractivity contribution is 5.96. The first kappa shape index (κ1) is 19.8. The Labute approximate surface area is 172 Å². The molecule has 1 amide bonds. The quantitative estimate of drug-likeness (QED) is 0.833. The lowest BCUT2D eigenvalue weighted by Gasteiger charge is -2.36. The summed E-state index contributed by atoms with van der Waals surface area (Å²) in [5.41, 5.74) is 3.08. The maximum absolute atomic E-state index is 12.4. The normalized spacial score (nSPS) is 18.2. The molecular weight excluding hydrogens is 366 g/mol. The van der Waals surface area contributed by atoms with E-state index in [0.717, 1.165) is 61.8 Å². The van der Waals surface area contributed by atoms with Crippen molar-refractivity contribution in [2.45, 2.75) is 26.4 Å². The summed E-state index contributed by atoms with van der Waals surface area (Å²) in [5.74, 6) is 1.07. The van der Waals surface area contributed by atoms with E-state index in [1.54, 1.807) is 18.6 Å². The number of rotatable bonds is 5. The number of carbonyl (C=O) groups is 1. The van der Waals surface area contributed by atoms with E-state index in [4.69, 9.17) is 0 Å². The molecule has 1 N–H and O–H groups in total. The summed E-state index contributed by atoms with van der Waals surface area (Å²) in [5, 5.41) is 10.8. The maximum Gasteiger partial charge on any atom is 0.229 e. The second kappa shape index (κ2) is 8.47. The lowest BCUT2D eigenvalue weighted by Crippen LogP contribution is -2.47. The third-order valence-electron chi connectivity index (χ3n) is 5.82. The molecule has 0 radical (unpaired) electrons. The molecule has 0 spiro atoms. The standard InChI is InChI=1S/C22H29N5O2/c1-16(2)22(29)27-8-5-17-13-18(3-4-19(17)27)20(28)15-25-9-11-26(12-10-25)21-14-23-6-7-24-21/h3-4,6-7,13-14,16,20,28H,5,8-12,15H2,1-2H3/t20-/m1/s1. The molecule has 29 heavy (non-hydrogen) atoms. The number of anilines is 2. The molecule has 1 atom stereocenters. The van der Waals surface area contributed by atoms with Crippen LogP contribution in [0.15, 0.2) is 36.8 Å². The fourth-order valence-corrected chi connectivity index (χ4v) is 4.13. The van der Waals surface area contributed by atoms with Crippen LogP contribution in [0.3, 0.4) is 0 Å². The number of β-amino-alcohol motifs (C(OH)–C–C–N with tert-alkyl or cyclic N) is 1. The molecule has 2 aliphatic rings. The van der Waals surface area contributed by atoms with Gasteiger partial charge in [0.2, 0.25) is 5.91 Å². The molecule has 4 rings (SSSR count). The molecule has 0 saturated carbocycles. The van der Waals surface area contributed by atoms with Crippen LogP contribution < -0.4 is 9.80 Å². The minimum atomic E-state index is -0.529. The van der Waals surface area contributed by atoms with Gasteiger partial charge in [0.1, 0.15) is 5.82 Å². The Morgan fingerprint density at radius 2 is 1.93 bits per heavy atom. The molecule has 2 aliphatic heterocycles. The van der Waals surface area contributed by atoms with Gasteiger partial charge in [0.25, 0.3) is 0 Å². The van der Waals surface area contributed by atoms with Crippen LogP contribution in [0.1, 0.15) is 31.1 Å². The van der Waals surface area contributed by atoms with Crippen LogP contribution in [0.4, 0.5) is 11.5 Å². The van der Waals surface area contributed by atoms with Crippen molar-refractivity contribution in [3.8, 4) is 0 Å². The Morgan fingerprint density at radius 3 is 2.62 bits per heavy atom. The molecular formula is C22H29N5O2. The fraction of sp³-hybridized carbons (Fsp3) is 0.500. The Balaban J connectivity index is 1.35. The van der Waals surface area contributed by atoms with E-state index in [2.05, 4.69) is 25.8 Å². The van der Waals surface area contributed by atoms with E-state index in [9.17, 15) is 9.90 Å². The average molecular weight is 396 g/mol. The van der Waals surface area contributed by atoms with E-state index >= 15 is 0 Å². The molecule has 1 aromatic heterocycles. The third kappa shape index (κ3) is 4.26. The SMILES string of the molecule is CC(C)C(=O)N1CCc2cc([C@H](O)CN3CCN(c4cnccn4)CC3)ccc21. The lowest BCUT2D eigenvalue weighted by molar-refractivity contribution is -0.121. The second-order valence-corrected chi connectivity index (χ2v) is 8.15. The van der Waals surface area contributed by atoms with Gasteiger partial charge in [-0.25, -0.2) is 4.98 Å². The van der Waals surface area contributed by atoms with Crippen LogP contribution in [0.5, 0.6) is 0 Å². The summed E-state index contributed by atoms with van der Waals surface area (Å²) in [4.78, 5) is 27.3. The van der Waals surface area contributed by atoms with Gasteiger partial charge in [-0.1, -0.05) is 26.0 Å². The van der Waals surface area contributed by atoms with Gasteiger partial charge in [-0.05, 0) is 23.6 Å². The molecule has 0 unspecified atom stereocenters. The van der Waals surface area contributed by atoms with Gasteiger partial charge in [0.05, 0.1) is 12.3 Å². The number of piperazine rings is 1. The number of aliphatic hydroxyl groups excluding tert-OH is 1. The van der Waals surface area contributed by atoms with Crippen LogP contribution in [0.25, 0.3) is 0 Å². The minimum absolute atomic E-state index is 0.00764. The predicted molar refractivity (Wildman–Crippen MR) is 113 cm³/mol. The van der Waals surface area contributed by atoms with E-state index in [0.29, 0.717) is 6.54 Å². The summed E-state index contributed by atoms with van der Waals surface area (Å²) in [7, 11) is 0. The molecule has 3 heterocycles. The Hall–Kier alpha value is -2.51. The fourth-order valence-electron chi connectivity index (χ4n) is 4.13. The minimum Gasteiger partial charge on any atom is -0.387 e. The third-order valence-corrected chi connectivity index (χ3v) is 5.82. The number of aliphatic hydroxyl groups is 1. The molecule has 0 aliphatic carbocycles.